The Kier molecular flexibility index (Phi) is 5.14. The number of anilines is 2. The molecular formula is C22H25ClFN7O3. The molecule has 0 radical (unpaired) electrons. The number of carbonyl (C=O) groups is 1. The van der Waals surface area contributed by atoms with Crippen LogP contribution in [0.25, 0.3) is 5.65 Å². The highest BCUT2D eigenvalue weighted by Crippen LogP contribution is 2.57. The van der Waals surface area contributed by atoms with Crippen LogP contribution in [0.1, 0.15) is 49.4 Å². The summed E-state index contributed by atoms with van der Waals surface area (Å²) in [5, 5.41) is 13.5. The maximum absolute atomic E-state index is 15.2. The number of rotatable bonds is 7. The molecule has 180 valence electrons. The lowest BCUT2D eigenvalue weighted by atomic mass is 9.50. The second-order valence-corrected chi connectivity index (χ2v) is 9.97. The number of nitrogens with zero attached hydrogens (tertiary/aromatic N) is 4. The highest BCUT2D eigenvalue weighted by molar-refractivity contribution is 6.29. The van der Waals surface area contributed by atoms with Gasteiger partial charge in [0.2, 0.25) is 5.95 Å². The molecule has 0 aliphatic heterocycles. The van der Waals surface area contributed by atoms with Crippen LogP contribution in [-0.4, -0.2) is 55.6 Å². The Balaban J connectivity index is 1.12. The zero-order chi connectivity index (χ0) is 23.4. The minimum absolute atomic E-state index is 0.0884. The van der Waals surface area contributed by atoms with Crippen LogP contribution >= 0.6 is 11.6 Å². The Bertz CT molecular complexity index is 1230. The van der Waals surface area contributed by atoms with E-state index >= 15 is 4.39 Å². The van der Waals surface area contributed by atoms with Crippen LogP contribution in [0, 0.1) is 5.92 Å². The predicted octanol–water partition coefficient (Wildman–Crippen LogP) is 3.86. The van der Waals surface area contributed by atoms with Crippen molar-refractivity contribution in [1.82, 2.24) is 29.9 Å². The van der Waals surface area contributed by atoms with Gasteiger partial charge in [0, 0.05) is 42.6 Å². The molecular weight excluding hydrogens is 465 g/mol. The second-order valence-electron chi connectivity index (χ2n) is 9.59. The highest BCUT2D eigenvalue weighted by atomic mass is 35.5. The average Bonchev–Trinajstić information content (AvgIpc) is 3.44. The van der Waals surface area contributed by atoms with Gasteiger partial charge >= 0.3 is 6.09 Å². The quantitative estimate of drug-likeness (QED) is 0.431. The summed E-state index contributed by atoms with van der Waals surface area (Å²) < 4.78 is 27.5. The maximum atomic E-state index is 15.2. The number of alkyl halides is 1. The van der Waals surface area contributed by atoms with E-state index in [4.69, 9.17) is 21.1 Å². The number of halogens is 2. The maximum Gasteiger partial charge on any atom is 0.407 e. The largest absolute Gasteiger partial charge is 0.443 e. The van der Waals surface area contributed by atoms with E-state index in [2.05, 4.69) is 30.8 Å². The number of carbonyl (C=O) groups excluding carboxylic acids is 1. The molecule has 4 fully saturated rings. The third-order valence-corrected chi connectivity index (χ3v) is 7.36. The van der Waals surface area contributed by atoms with Crippen molar-refractivity contribution in [3.63, 3.8) is 0 Å². The van der Waals surface area contributed by atoms with Crippen LogP contribution in [0.5, 0.6) is 0 Å². The van der Waals surface area contributed by atoms with Crippen molar-refractivity contribution >= 4 is 35.1 Å². The van der Waals surface area contributed by atoms with Crippen LogP contribution in [0.3, 0.4) is 0 Å². The van der Waals surface area contributed by atoms with E-state index in [1.165, 1.54) is 0 Å². The molecule has 12 heteroatoms. The van der Waals surface area contributed by atoms with E-state index in [1.54, 1.807) is 29.8 Å². The van der Waals surface area contributed by atoms with Crippen LogP contribution in [0.4, 0.5) is 21.0 Å². The van der Waals surface area contributed by atoms with Gasteiger partial charge in [-0.05, 0) is 38.0 Å². The Morgan fingerprint density at radius 2 is 2.15 bits per heavy atom. The van der Waals surface area contributed by atoms with E-state index in [1.807, 2.05) is 0 Å². The van der Waals surface area contributed by atoms with Gasteiger partial charge in [0.05, 0.1) is 12.3 Å². The van der Waals surface area contributed by atoms with E-state index in [0.717, 1.165) is 30.9 Å². The van der Waals surface area contributed by atoms with Crippen molar-refractivity contribution in [2.24, 2.45) is 5.92 Å². The molecule has 4 aliphatic carbocycles. The topological polar surface area (TPSA) is 118 Å². The van der Waals surface area contributed by atoms with Crippen LogP contribution < -0.4 is 10.6 Å². The number of hydrogen-bond donors (Lipinski definition) is 3. The predicted molar refractivity (Wildman–Crippen MR) is 121 cm³/mol. The van der Waals surface area contributed by atoms with Gasteiger partial charge in [-0.1, -0.05) is 11.6 Å². The SMILES string of the molecule is COCc1cn2c(Nc3cc([C@H]4CC[C@@H](OC(=O)NC56CC(C5)C6)[C@@H]4F)[nH]n3)nc(Cl)cc2n1. The molecule has 2 bridgehead atoms. The van der Waals surface area contributed by atoms with Gasteiger partial charge in [0.1, 0.15) is 23.1 Å². The summed E-state index contributed by atoms with van der Waals surface area (Å²) in [6.07, 6.45) is 3.26. The number of aromatic nitrogens is 5. The van der Waals surface area contributed by atoms with E-state index < -0.39 is 24.3 Å². The number of fused-ring (bicyclic) bond motifs is 1. The van der Waals surface area contributed by atoms with Gasteiger partial charge in [0.15, 0.2) is 5.82 Å². The molecule has 3 heterocycles. The molecule has 1 amide bonds. The number of amides is 1. The van der Waals surface area contributed by atoms with Crippen LogP contribution in [-0.2, 0) is 16.1 Å². The fourth-order valence-electron chi connectivity index (χ4n) is 5.41. The number of imidazole rings is 1. The zero-order valence-corrected chi connectivity index (χ0v) is 19.3. The first-order valence-corrected chi connectivity index (χ1v) is 11.8. The average molecular weight is 490 g/mol. The lowest BCUT2D eigenvalue weighted by molar-refractivity contribution is -0.0532. The summed E-state index contributed by atoms with van der Waals surface area (Å²) in [4.78, 5) is 21.0. The number of ether oxygens (including phenoxy) is 2. The lowest BCUT2D eigenvalue weighted by Gasteiger charge is -2.61. The minimum atomic E-state index is -1.31. The smallest absolute Gasteiger partial charge is 0.407 e. The number of methoxy groups -OCH3 is 1. The first kappa shape index (κ1) is 21.6. The minimum Gasteiger partial charge on any atom is -0.443 e. The van der Waals surface area contributed by atoms with Crippen molar-refractivity contribution in [3.8, 4) is 0 Å². The van der Waals surface area contributed by atoms with Crippen molar-refractivity contribution in [3.05, 3.63) is 34.9 Å². The van der Waals surface area contributed by atoms with Gasteiger partial charge in [-0.3, -0.25) is 9.50 Å². The van der Waals surface area contributed by atoms with E-state index in [9.17, 15) is 4.79 Å². The Morgan fingerprint density at radius 1 is 1.32 bits per heavy atom. The van der Waals surface area contributed by atoms with Crippen molar-refractivity contribution in [2.45, 2.75) is 62.4 Å². The van der Waals surface area contributed by atoms with E-state index in [-0.39, 0.29) is 10.7 Å². The summed E-state index contributed by atoms with van der Waals surface area (Å²) in [5.74, 6) is 1.19. The summed E-state index contributed by atoms with van der Waals surface area (Å²) in [7, 11) is 1.60. The molecule has 34 heavy (non-hydrogen) atoms. The van der Waals surface area contributed by atoms with Gasteiger partial charge < -0.3 is 20.1 Å². The fraction of sp³-hybridized carbons (Fsp3) is 0.545. The Hall–Kier alpha value is -2.92. The summed E-state index contributed by atoms with van der Waals surface area (Å²) in [5.41, 5.74) is 1.88. The molecule has 0 aromatic carbocycles. The number of aromatic amines is 1. The molecule has 3 atom stereocenters. The van der Waals surface area contributed by atoms with Crippen molar-refractivity contribution in [1.29, 1.82) is 0 Å². The van der Waals surface area contributed by atoms with Crippen LogP contribution in [0.15, 0.2) is 18.3 Å². The molecule has 3 N–H and O–H groups in total. The highest BCUT2D eigenvalue weighted by Gasteiger charge is 2.58. The Labute approximate surface area is 199 Å². The van der Waals surface area contributed by atoms with Gasteiger partial charge in [-0.25, -0.2) is 19.2 Å². The summed E-state index contributed by atoms with van der Waals surface area (Å²) in [6, 6.07) is 3.39. The van der Waals surface area contributed by atoms with E-state index in [0.29, 0.717) is 42.6 Å². The van der Waals surface area contributed by atoms with Gasteiger partial charge in [-0.15, -0.1) is 0 Å². The normalized spacial score (nSPS) is 29.5. The molecule has 0 spiro atoms. The first-order chi connectivity index (χ1) is 16.4. The third kappa shape index (κ3) is 3.76. The van der Waals surface area contributed by atoms with Crippen LogP contribution in [0.2, 0.25) is 5.15 Å². The number of nitrogens with one attached hydrogen (secondary N) is 3. The number of alkyl carbamates (subject to hydrolysis) is 1. The molecule has 4 saturated carbocycles. The first-order valence-electron chi connectivity index (χ1n) is 11.4. The monoisotopic (exact) mass is 489 g/mol. The zero-order valence-electron chi connectivity index (χ0n) is 18.6. The molecule has 10 nitrogen and oxygen atoms in total. The standard InChI is InChI=1S/C22H25ClFN7O3/c1-33-10-12-9-31-18(25-12)5-16(23)26-20(31)27-17-4-14(29-30-17)13-2-3-15(19(13)24)34-21(32)28-22-6-11(7-22)8-22/h4-5,9,11,13,15,19H,2-3,6-8,10H2,1H3,(H,28,32)(H2,26,27,29,30)/t11?,13-,15-,19-,22?/m1/s1. The van der Waals surface area contributed by atoms with Gasteiger partial charge in [0.25, 0.3) is 0 Å². The van der Waals surface area contributed by atoms with Crippen molar-refractivity contribution < 1.29 is 18.7 Å². The fourth-order valence-corrected chi connectivity index (χ4v) is 5.59. The lowest BCUT2D eigenvalue weighted by Crippen LogP contribution is -2.68. The molecule has 4 aliphatic rings. The third-order valence-electron chi connectivity index (χ3n) is 7.17. The summed E-state index contributed by atoms with van der Waals surface area (Å²) >= 11 is 6.16. The second kappa shape index (κ2) is 8.09. The molecule has 3 aromatic heterocycles. The molecule has 0 unspecified atom stereocenters. The molecule has 7 rings (SSSR count). The van der Waals surface area contributed by atoms with Gasteiger partial charge in [-0.2, -0.15) is 5.10 Å². The summed E-state index contributed by atoms with van der Waals surface area (Å²) in [6.45, 7) is 0.355. The van der Waals surface area contributed by atoms with Crippen molar-refractivity contribution in [2.75, 3.05) is 12.4 Å². The number of H-pyrrole nitrogens is 1. The number of hydrogen-bond acceptors (Lipinski definition) is 7. The molecule has 3 aromatic rings. The molecule has 0 saturated heterocycles. The Morgan fingerprint density at radius 3 is 2.88 bits per heavy atom.